The van der Waals surface area contributed by atoms with Crippen molar-refractivity contribution < 1.29 is 4.74 Å². The molecule has 1 atom stereocenters. The maximum Gasteiger partial charge on any atom is 0.138 e. The highest BCUT2D eigenvalue weighted by atomic mass is 79.9. The molecule has 0 aliphatic heterocycles. The number of nitrogens with zero attached hydrogens (tertiary/aromatic N) is 1. The van der Waals surface area contributed by atoms with Gasteiger partial charge < -0.3 is 10.1 Å². The lowest BCUT2D eigenvalue weighted by atomic mass is 10.1. The first kappa shape index (κ1) is 16.5. The summed E-state index contributed by atoms with van der Waals surface area (Å²) in [4.78, 5) is 4.37. The van der Waals surface area contributed by atoms with E-state index in [1.807, 2.05) is 37.4 Å². The van der Waals surface area contributed by atoms with E-state index in [1.165, 1.54) is 0 Å². The number of hydrogen-bond donors (Lipinski definition) is 1. The highest BCUT2D eigenvalue weighted by Gasteiger charge is 2.12. The summed E-state index contributed by atoms with van der Waals surface area (Å²) in [6.07, 6.45) is 1.81. The maximum atomic E-state index is 5.74. The maximum absolute atomic E-state index is 5.74. The molecule has 1 heterocycles. The minimum atomic E-state index is 0.179. The Labute approximate surface area is 142 Å². The van der Waals surface area contributed by atoms with Crippen molar-refractivity contribution in [3.05, 3.63) is 56.7 Å². The number of halogens is 2. The first-order valence-corrected chi connectivity index (χ1v) is 8.45. The zero-order chi connectivity index (χ0) is 15.2. The molecule has 0 saturated carbocycles. The second-order valence-electron chi connectivity index (χ2n) is 4.67. The van der Waals surface area contributed by atoms with Gasteiger partial charge in [0.1, 0.15) is 5.75 Å². The fraction of sp³-hybridized carbons (Fsp3) is 0.312. The van der Waals surface area contributed by atoms with E-state index in [0.717, 1.165) is 26.0 Å². The fourth-order valence-corrected chi connectivity index (χ4v) is 3.48. The molecule has 21 heavy (non-hydrogen) atoms. The summed E-state index contributed by atoms with van der Waals surface area (Å²) in [5.74, 6) is 0.890. The molecule has 1 aromatic carbocycles. The minimum Gasteiger partial charge on any atom is -0.492 e. The van der Waals surface area contributed by atoms with E-state index in [1.54, 1.807) is 0 Å². The van der Waals surface area contributed by atoms with E-state index in [-0.39, 0.29) is 6.04 Å². The Kier molecular flexibility index (Phi) is 6.21. The van der Waals surface area contributed by atoms with Gasteiger partial charge in [-0.1, -0.05) is 22.0 Å². The highest BCUT2D eigenvalue weighted by Crippen LogP contribution is 2.33. The molecule has 112 valence electrons. The summed E-state index contributed by atoms with van der Waals surface area (Å²) in [5, 5.41) is 3.48. The Morgan fingerprint density at radius 3 is 2.76 bits per heavy atom. The zero-order valence-corrected chi connectivity index (χ0v) is 15.2. The smallest absolute Gasteiger partial charge is 0.138 e. The Hall–Kier alpha value is -0.910. The van der Waals surface area contributed by atoms with Crippen molar-refractivity contribution in [1.29, 1.82) is 0 Å². The number of rotatable bonds is 6. The Morgan fingerprint density at radius 1 is 1.29 bits per heavy atom. The van der Waals surface area contributed by atoms with Crippen LogP contribution >= 0.6 is 31.9 Å². The Bertz CT molecular complexity index is 590. The van der Waals surface area contributed by atoms with Crippen LogP contribution in [0.2, 0.25) is 0 Å². The molecule has 1 unspecified atom stereocenters. The standard InChI is InChI=1S/C16H18Br2N2O/c1-3-21-16-12(8-13(17)9-14(16)18)10-20-11(2)15-6-4-5-7-19-15/h4-9,11,20H,3,10H2,1-2H3. The normalized spacial score (nSPS) is 12.2. The largest absolute Gasteiger partial charge is 0.492 e. The van der Waals surface area contributed by atoms with Crippen molar-refractivity contribution in [2.24, 2.45) is 0 Å². The fourth-order valence-electron chi connectivity index (χ4n) is 2.05. The van der Waals surface area contributed by atoms with Crippen molar-refractivity contribution in [1.82, 2.24) is 10.3 Å². The summed E-state index contributed by atoms with van der Waals surface area (Å²) >= 11 is 7.08. The second kappa shape index (κ2) is 7.92. The molecule has 3 nitrogen and oxygen atoms in total. The second-order valence-corrected chi connectivity index (χ2v) is 6.44. The lowest BCUT2D eigenvalue weighted by Gasteiger charge is -2.17. The molecule has 2 aromatic rings. The van der Waals surface area contributed by atoms with Crippen molar-refractivity contribution >= 4 is 31.9 Å². The Morgan fingerprint density at radius 2 is 2.10 bits per heavy atom. The summed E-state index contributed by atoms with van der Waals surface area (Å²) in [5.41, 5.74) is 2.14. The van der Waals surface area contributed by atoms with E-state index < -0.39 is 0 Å². The molecular weight excluding hydrogens is 396 g/mol. The molecule has 0 aliphatic rings. The molecule has 0 spiro atoms. The number of benzene rings is 1. The molecule has 1 aromatic heterocycles. The third-order valence-corrected chi connectivity index (χ3v) is 4.15. The predicted octanol–water partition coefficient (Wildman–Crippen LogP) is 4.86. The molecule has 2 rings (SSSR count). The molecule has 0 aliphatic carbocycles. The predicted molar refractivity (Wildman–Crippen MR) is 92.5 cm³/mol. The summed E-state index contributed by atoms with van der Waals surface area (Å²) in [6, 6.07) is 10.2. The van der Waals surface area contributed by atoms with E-state index in [9.17, 15) is 0 Å². The van der Waals surface area contributed by atoms with E-state index >= 15 is 0 Å². The third-order valence-electron chi connectivity index (χ3n) is 3.10. The van der Waals surface area contributed by atoms with Gasteiger partial charge in [-0.15, -0.1) is 0 Å². The average molecular weight is 414 g/mol. The van der Waals surface area contributed by atoms with Crippen molar-refractivity contribution in [2.45, 2.75) is 26.4 Å². The van der Waals surface area contributed by atoms with Crippen LogP contribution in [0.25, 0.3) is 0 Å². The molecule has 0 radical (unpaired) electrons. The van der Waals surface area contributed by atoms with Gasteiger partial charge in [-0.05, 0) is 54.0 Å². The number of nitrogens with one attached hydrogen (secondary N) is 1. The van der Waals surface area contributed by atoms with Crippen LogP contribution in [0.1, 0.15) is 31.1 Å². The number of ether oxygens (including phenoxy) is 1. The minimum absolute atomic E-state index is 0.179. The molecule has 0 saturated heterocycles. The van der Waals surface area contributed by atoms with Crippen molar-refractivity contribution in [3.63, 3.8) is 0 Å². The van der Waals surface area contributed by atoms with Gasteiger partial charge in [0.25, 0.3) is 0 Å². The Balaban J connectivity index is 2.12. The lowest BCUT2D eigenvalue weighted by molar-refractivity contribution is 0.332. The molecular formula is C16H18Br2N2O. The highest BCUT2D eigenvalue weighted by molar-refractivity contribution is 9.11. The van der Waals surface area contributed by atoms with Gasteiger partial charge in [0.05, 0.1) is 16.8 Å². The topological polar surface area (TPSA) is 34.1 Å². The quantitative estimate of drug-likeness (QED) is 0.734. The van der Waals surface area contributed by atoms with Crippen LogP contribution in [0.4, 0.5) is 0 Å². The van der Waals surface area contributed by atoms with Crippen LogP contribution in [0, 0.1) is 0 Å². The monoisotopic (exact) mass is 412 g/mol. The van der Waals surface area contributed by atoms with Gasteiger partial charge in [-0.2, -0.15) is 0 Å². The number of hydrogen-bond acceptors (Lipinski definition) is 3. The first-order chi connectivity index (χ1) is 10.1. The lowest BCUT2D eigenvalue weighted by Crippen LogP contribution is -2.19. The summed E-state index contributed by atoms with van der Waals surface area (Å²) < 4.78 is 7.72. The van der Waals surface area contributed by atoms with Gasteiger partial charge in [0, 0.05) is 28.8 Å². The van der Waals surface area contributed by atoms with Crippen LogP contribution in [-0.4, -0.2) is 11.6 Å². The van der Waals surface area contributed by atoms with E-state index in [4.69, 9.17) is 4.74 Å². The van der Waals surface area contributed by atoms with Crippen LogP contribution in [0.3, 0.4) is 0 Å². The molecule has 5 heteroatoms. The molecule has 1 N–H and O–H groups in total. The third kappa shape index (κ3) is 4.53. The first-order valence-electron chi connectivity index (χ1n) is 6.86. The molecule has 0 amide bonds. The average Bonchev–Trinajstić information content (AvgIpc) is 2.48. The molecule has 0 bridgehead atoms. The summed E-state index contributed by atoms with van der Waals surface area (Å²) in [6.45, 7) is 5.45. The van der Waals surface area contributed by atoms with Crippen LogP contribution in [0.5, 0.6) is 5.75 Å². The zero-order valence-electron chi connectivity index (χ0n) is 12.1. The summed E-state index contributed by atoms with van der Waals surface area (Å²) in [7, 11) is 0. The molecule has 0 fully saturated rings. The van der Waals surface area contributed by atoms with Gasteiger partial charge >= 0.3 is 0 Å². The SMILES string of the molecule is CCOc1c(Br)cc(Br)cc1CNC(C)c1ccccn1. The van der Waals surface area contributed by atoms with Gasteiger partial charge in [-0.25, -0.2) is 0 Å². The van der Waals surface area contributed by atoms with Crippen LogP contribution < -0.4 is 10.1 Å². The van der Waals surface area contributed by atoms with Crippen molar-refractivity contribution in [2.75, 3.05) is 6.61 Å². The van der Waals surface area contributed by atoms with Gasteiger partial charge in [-0.3, -0.25) is 4.98 Å². The van der Waals surface area contributed by atoms with Gasteiger partial charge in [0.2, 0.25) is 0 Å². The van der Waals surface area contributed by atoms with Gasteiger partial charge in [0.15, 0.2) is 0 Å². The number of aromatic nitrogens is 1. The van der Waals surface area contributed by atoms with Crippen molar-refractivity contribution in [3.8, 4) is 5.75 Å². The number of pyridine rings is 1. The van der Waals surface area contributed by atoms with Crippen LogP contribution in [-0.2, 0) is 6.54 Å². The van der Waals surface area contributed by atoms with Crippen LogP contribution in [0.15, 0.2) is 45.5 Å². The van der Waals surface area contributed by atoms with E-state index in [2.05, 4.69) is 55.2 Å². The van der Waals surface area contributed by atoms with E-state index in [0.29, 0.717) is 13.2 Å².